The molecule has 1 N–H and O–H groups in total. The van der Waals surface area contributed by atoms with E-state index in [1.165, 1.54) is 0 Å². The van der Waals surface area contributed by atoms with Gasteiger partial charge in [-0.25, -0.2) is 0 Å². The minimum absolute atomic E-state index is 0.352. The van der Waals surface area contributed by atoms with Gasteiger partial charge in [-0.2, -0.15) is 4.98 Å². The van der Waals surface area contributed by atoms with Gasteiger partial charge in [0.1, 0.15) is 17.4 Å². The summed E-state index contributed by atoms with van der Waals surface area (Å²) in [5.74, 6) is 0.929. The zero-order valence-corrected chi connectivity index (χ0v) is 13.3. The molecule has 0 radical (unpaired) electrons. The summed E-state index contributed by atoms with van der Waals surface area (Å²) in [6.45, 7) is 4.75. The predicted molar refractivity (Wildman–Crippen MR) is 81.2 cm³/mol. The second-order valence-corrected chi connectivity index (χ2v) is 4.80. The molecule has 1 aromatic rings. The maximum Gasteiger partial charge on any atom is 0.234 e. The first-order valence-electron chi connectivity index (χ1n) is 6.48. The van der Waals surface area contributed by atoms with Crippen molar-refractivity contribution < 1.29 is 14.2 Å². The SMILES string of the molecule is CCCNc1nc(OCCOCCOC)c(Cl)cc1Cl. The summed E-state index contributed by atoms with van der Waals surface area (Å²) in [4.78, 5) is 4.27. The summed E-state index contributed by atoms with van der Waals surface area (Å²) in [5.41, 5.74) is 0. The van der Waals surface area contributed by atoms with Crippen LogP contribution in [0.3, 0.4) is 0 Å². The molecule has 20 heavy (non-hydrogen) atoms. The second-order valence-electron chi connectivity index (χ2n) is 3.99. The Balaban J connectivity index is 2.47. The molecular weight excluding hydrogens is 303 g/mol. The standard InChI is InChI=1S/C13H20Cl2N2O3/c1-3-4-16-12-10(14)9-11(15)13(17-12)20-8-7-19-6-5-18-2/h9H,3-8H2,1-2H3,(H,16,17). The van der Waals surface area contributed by atoms with E-state index >= 15 is 0 Å². The van der Waals surface area contributed by atoms with Gasteiger partial charge >= 0.3 is 0 Å². The van der Waals surface area contributed by atoms with Crippen molar-refractivity contribution in [3.05, 3.63) is 16.1 Å². The summed E-state index contributed by atoms with van der Waals surface area (Å²) in [6, 6.07) is 1.62. The number of hydrogen-bond donors (Lipinski definition) is 1. The number of ether oxygens (including phenoxy) is 3. The third kappa shape index (κ3) is 6.13. The number of methoxy groups -OCH3 is 1. The molecule has 1 heterocycles. The van der Waals surface area contributed by atoms with E-state index in [2.05, 4.69) is 17.2 Å². The van der Waals surface area contributed by atoms with Crippen molar-refractivity contribution in [2.24, 2.45) is 0 Å². The van der Waals surface area contributed by atoms with E-state index in [0.29, 0.717) is 48.2 Å². The number of halogens is 2. The fraction of sp³-hybridized carbons (Fsp3) is 0.615. The van der Waals surface area contributed by atoms with Crippen LogP contribution in [-0.4, -0.2) is 45.1 Å². The Morgan fingerprint density at radius 3 is 2.60 bits per heavy atom. The maximum absolute atomic E-state index is 6.05. The van der Waals surface area contributed by atoms with Crippen LogP contribution < -0.4 is 10.1 Å². The molecule has 0 saturated carbocycles. The van der Waals surface area contributed by atoms with Crippen LogP contribution in [0.15, 0.2) is 6.07 Å². The third-order valence-corrected chi connectivity index (χ3v) is 2.90. The highest BCUT2D eigenvalue weighted by Gasteiger charge is 2.10. The van der Waals surface area contributed by atoms with Crippen LogP contribution >= 0.6 is 23.2 Å². The monoisotopic (exact) mass is 322 g/mol. The Hall–Kier alpha value is -0.750. The molecule has 0 aliphatic rings. The zero-order valence-electron chi connectivity index (χ0n) is 11.7. The molecule has 7 heteroatoms. The van der Waals surface area contributed by atoms with Crippen molar-refractivity contribution in [2.75, 3.05) is 45.4 Å². The van der Waals surface area contributed by atoms with E-state index in [-0.39, 0.29) is 0 Å². The van der Waals surface area contributed by atoms with E-state index in [1.54, 1.807) is 13.2 Å². The quantitative estimate of drug-likeness (QED) is 0.670. The Labute approximate surface area is 129 Å². The Morgan fingerprint density at radius 2 is 1.90 bits per heavy atom. The van der Waals surface area contributed by atoms with Gasteiger partial charge in [-0.1, -0.05) is 30.1 Å². The van der Waals surface area contributed by atoms with E-state index in [9.17, 15) is 0 Å². The van der Waals surface area contributed by atoms with Gasteiger partial charge in [-0.3, -0.25) is 0 Å². The molecule has 0 saturated heterocycles. The first kappa shape index (κ1) is 17.3. The lowest BCUT2D eigenvalue weighted by atomic mass is 10.4. The topological polar surface area (TPSA) is 52.6 Å². The highest BCUT2D eigenvalue weighted by atomic mass is 35.5. The lowest BCUT2D eigenvalue weighted by molar-refractivity contribution is 0.0537. The van der Waals surface area contributed by atoms with Crippen molar-refractivity contribution in [1.29, 1.82) is 0 Å². The first-order chi connectivity index (χ1) is 9.69. The van der Waals surface area contributed by atoms with Crippen LogP contribution in [0.25, 0.3) is 0 Å². The average molecular weight is 323 g/mol. The summed E-state index contributed by atoms with van der Waals surface area (Å²) in [5, 5.41) is 3.98. The molecule has 5 nitrogen and oxygen atoms in total. The zero-order chi connectivity index (χ0) is 14.8. The van der Waals surface area contributed by atoms with E-state index in [4.69, 9.17) is 37.4 Å². The van der Waals surface area contributed by atoms with Crippen LogP contribution in [0.5, 0.6) is 5.88 Å². The van der Waals surface area contributed by atoms with Crippen LogP contribution in [-0.2, 0) is 9.47 Å². The molecular formula is C13H20Cl2N2O3. The van der Waals surface area contributed by atoms with E-state index < -0.39 is 0 Å². The van der Waals surface area contributed by atoms with E-state index in [1.807, 2.05) is 0 Å². The molecule has 0 amide bonds. The second kappa shape index (κ2) is 10.0. The fourth-order valence-electron chi connectivity index (χ4n) is 1.36. The van der Waals surface area contributed by atoms with Gasteiger partial charge in [0.15, 0.2) is 0 Å². The molecule has 0 unspecified atom stereocenters. The van der Waals surface area contributed by atoms with Gasteiger partial charge < -0.3 is 19.5 Å². The van der Waals surface area contributed by atoms with Gasteiger partial charge in [0.2, 0.25) is 5.88 Å². The molecule has 1 aromatic heterocycles. The summed E-state index contributed by atoms with van der Waals surface area (Å²) in [6.07, 6.45) is 0.976. The Morgan fingerprint density at radius 1 is 1.15 bits per heavy atom. The molecule has 0 aromatic carbocycles. The van der Waals surface area contributed by atoms with Gasteiger partial charge in [-0.05, 0) is 12.5 Å². The Kier molecular flexibility index (Phi) is 8.69. The number of anilines is 1. The van der Waals surface area contributed by atoms with Gasteiger partial charge in [0.25, 0.3) is 0 Å². The number of rotatable bonds is 10. The van der Waals surface area contributed by atoms with Crippen molar-refractivity contribution in [2.45, 2.75) is 13.3 Å². The van der Waals surface area contributed by atoms with Crippen LogP contribution in [0.4, 0.5) is 5.82 Å². The molecule has 1 rings (SSSR count). The van der Waals surface area contributed by atoms with Gasteiger partial charge in [0, 0.05) is 13.7 Å². The Bertz CT molecular complexity index is 405. The number of nitrogens with one attached hydrogen (secondary N) is 1. The molecule has 0 fully saturated rings. The van der Waals surface area contributed by atoms with Gasteiger partial charge in [0.05, 0.1) is 24.8 Å². The number of hydrogen-bond acceptors (Lipinski definition) is 5. The van der Waals surface area contributed by atoms with Crippen LogP contribution in [0, 0.1) is 0 Å². The lowest BCUT2D eigenvalue weighted by Gasteiger charge is -2.11. The molecule has 0 atom stereocenters. The normalized spacial score (nSPS) is 10.6. The number of pyridine rings is 1. The largest absolute Gasteiger partial charge is 0.474 e. The molecule has 0 bridgehead atoms. The minimum Gasteiger partial charge on any atom is -0.474 e. The van der Waals surface area contributed by atoms with Crippen molar-refractivity contribution in [1.82, 2.24) is 4.98 Å². The van der Waals surface area contributed by atoms with Crippen LogP contribution in [0.2, 0.25) is 10.0 Å². The van der Waals surface area contributed by atoms with Crippen molar-refractivity contribution in [3.8, 4) is 5.88 Å². The molecule has 0 spiro atoms. The highest BCUT2D eigenvalue weighted by Crippen LogP contribution is 2.30. The summed E-state index contributed by atoms with van der Waals surface area (Å²) in [7, 11) is 1.63. The summed E-state index contributed by atoms with van der Waals surface area (Å²) < 4.78 is 15.6. The predicted octanol–water partition coefficient (Wildman–Crippen LogP) is 3.25. The third-order valence-electron chi connectivity index (χ3n) is 2.34. The fourth-order valence-corrected chi connectivity index (χ4v) is 1.84. The van der Waals surface area contributed by atoms with Crippen LogP contribution in [0.1, 0.15) is 13.3 Å². The van der Waals surface area contributed by atoms with Gasteiger partial charge in [-0.15, -0.1) is 0 Å². The number of nitrogens with zero attached hydrogens (tertiary/aromatic N) is 1. The average Bonchev–Trinajstić information content (AvgIpc) is 2.43. The van der Waals surface area contributed by atoms with Crippen molar-refractivity contribution in [3.63, 3.8) is 0 Å². The van der Waals surface area contributed by atoms with E-state index in [0.717, 1.165) is 13.0 Å². The first-order valence-corrected chi connectivity index (χ1v) is 7.24. The molecule has 114 valence electrons. The maximum atomic E-state index is 6.05. The summed E-state index contributed by atoms with van der Waals surface area (Å²) >= 11 is 12.1. The lowest BCUT2D eigenvalue weighted by Crippen LogP contribution is -2.11. The highest BCUT2D eigenvalue weighted by molar-refractivity contribution is 6.36. The smallest absolute Gasteiger partial charge is 0.234 e. The molecule has 0 aliphatic heterocycles. The van der Waals surface area contributed by atoms with Crippen molar-refractivity contribution >= 4 is 29.0 Å². The minimum atomic E-state index is 0.352. The number of aromatic nitrogens is 1. The molecule has 0 aliphatic carbocycles.